The molecule has 5 aromatic rings. The van der Waals surface area contributed by atoms with Gasteiger partial charge in [0.2, 0.25) is 23.6 Å². The summed E-state index contributed by atoms with van der Waals surface area (Å²) in [6, 6.07) is 14.8. The predicted molar refractivity (Wildman–Crippen MR) is 177 cm³/mol. The first kappa shape index (κ1) is 36.6. The number of aromatic hydroxyl groups is 4. The highest BCUT2D eigenvalue weighted by atomic mass is 19.1. The summed E-state index contributed by atoms with van der Waals surface area (Å²) in [5.41, 5.74) is -0.893. The monoisotopic (exact) mass is 736 g/mol. The van der Waals surface area contributed by atoms with E-state index >= 15 is 0 Å². The second-order valence-electron chi connectivity index (χ2n) is 12.0. The Morgan fingerprint density at radius 3 is 1.89 bits per heavy atom. The fraction of sp³-hybridized carbons (Fsp3) is 0.216. The first-order valence-corrected chi connectivity index (χ1v) is 15.8. The van der Waals surface area contributed by atoms with Crippen molar-refractivity contribution in [2.45, 2.75) is 43.5 Å². The van der Waals surface area contributed by atoms with Gasteiger partial charge in [-0.1, -0.05) is 24.3 Å². The summed E-state index contributed by atoms with van der Waals surface area (Å²) in [5.74, 6) is -6.76. The molecule has 4 aromatic carbocycles. The van der Waals surface area contributed by atoms with E-state index in [0.29, 0.717) is 11.1 Å². The molecule has 2 heterocycles. The number of benzene rings is 4. The molecule has 6 N–H and O–H groups in total. The van der Waals surface area contributed by atoms with Crippen LogP contribution in [0.3, 0.4) is 0 Å². The van der Waals surface area contributed by atoms with E-state index in [0.717, 1.165) is 48.5 Å². The fourth-order valence-corrected chi connectivity index (χ4v) is 5.67. The van der Waals surface area contributed by atoms with Gasteiger partial charge in [-0.2, -0.15) is 0 Å². The quantitative estimate of drug-likeness (QED) is 0.0895. The number of fused-ring (bicyclic) bond motifs is 1. The van der Waals surface area contributed by atoms with E-state index in [1.165, 1.54) is 30.3 Å². The van der Waals surface area contributed by atoms with Gasteiger partial charge >= 0.3 is 11.9 Å². The molecular weight excluding hydrogens is 706 g/mol. The van der Waals surface area contributed by atoms with E-state index in [1.807, 2.05) is 0 Å². The molecule has 0 radical (unpaired) electrons. The zero-order valence-electron chi connectivity index (χ0n) is 27.2. The summed E-state index contributed by atoms with van der Waals surface area (Å²) in [5, 5.41) is 61.7. The van der Waals surface area contributed by atoms with Gasteiger partial charge in [-0.3, -0.25) is 14.4 Å². The Balaban J connectivity index is 1.44. The van der Waals surface area contributed by atoms with E-state index in [4.69, 9.17) is 23.4 Å². The van der Waals surface area contributed by atoms with Gasteiger partial charge in [0.05, 0.1) is 19.4 Å². The number of phenols is 4. The lowest BCUT2D eigenvalue weighted by Gasteiger charge is -2.42. The summed E-state index contributed by atoms with van der Waals surface area (Å²) in [6.07, 6.45) is -10.1. The highest BCUT2D eigenvalue weighted by Gasteiger charge is 2.51. The number of carbonyl (C=O) groups is 2. The van der Waals surface area contributed by atoms with Crippen LogP contribution in [0.4, 0.5) is 8.78 Å². The molecule has 0 spiro atoms. The van der Waals surface area contributed by atoms with E-state index in [2.05, 4.69) is 0 Å². The fourth-order valence-electron chi connectivity index (χ4n) is 5.67. The summed E-state index contributed by atoms with van der Waals surface area (Å²) in [7, 11) is 0. The molecule has 1 aliphatic rings. The lowest BCUT2D eigenvalue weighted by molar-refractivity contribution is -0.285. The number of hydrogen-bond acceptors (Lipinski definition) is 14. The maximum Gasteiger partial charge on any atom is 0.310 e. The zero-order valence-corrected chi connectivity index (χ0v) is 27.2. The Bertz CT molecular complexity index is 2200. The standard InChI is InChI=1S/C37H30F2O14/c38-20-6-1-17(2-7-20)11-28(45)51-34-31(47)27(16-40)50-37(36(34)52-29(46)12-18-3-8-21(39)9-4-18)53-35-32(48)30-25(44)14-22(41)15-26(30)49-33(35)19-5-10-23(42)24(43)13-19/h1-10,13-15,27,31,34,36-37,40-44,47H,11-12,16H2/t27-,31?,34-,36-,37-/m0/s1. The highest BCUT2D eigenvalue weighted by molar-refractivity contribution is 5.88. The molecule has 16 heteroatoms. The van der Waals surface area contributed by atoms with E-state index in [-0.39, 0.29) is 11.1 Å². The number of aliphatic hydroxyl groups excluding tert-OH is 2. The first-order valence-electron chi connectivity index (χ1n) is 15.8. The Morgan fingerprint density at radius 1 is 0.736 bits per heavy atom. The molecule has 6 rings (SSSR count). The topological polar surface area (TPSA) is 223 Å². The lowest BCUT2D eigenvalue weighted by Crippen LogP contribution is -2.62. The molecule has 0 aliphatic carbocycles. The maximum absolute atomic E-state index is 14.0. The molecule has 276 valence electrons. The van der Waals surface area contributed by atoms with Gasteiger partial charge in [-0.25, -0.2) is 8.78 Å². The van der Waals surface area contributed by atoms with Crippen molar-refractivity contribution >= 4 is 22.9 Å². The molecule has 0 amide bonds. The van der Waals surface area contributed by atoms with Crippen molar-refractivity contribution in [2.75, 3.05) is 6.61 Å². The average molecular weight is 737 g/mol. The number of ether oxygens (including phenoxy) is 4. The lowest BCUT2D eigenvalue weighted by atomic mass is 9.98. The Labute approximate surface area is 297 Å². The van der Waals surface area contributed by atoms with Crippen LogP contribution in [0, 0.1) is 11.6 Å². The van der Waals surface area contributed by atoms with Crippen molar-refractivity contribution in [3.8, 4) is 40.1 Å². The molecule has 53 heavy (non-hydrogen) atoms. The summed E-state index contributed by atoms with van der Waals surface area (Å²) >= 11 is 0. The van der Waals surface area contributed by atoms with Gasteiger partial charge in [0.15, 0.2) is 23.4 Å². The first-order chi connectivity index (χ1) is 25.3. The Hall–Kier alpha value is -6.23. The Kier molecular flexibility index (Phi) is 10.5. The number of halogens is 2. The van der Waals surface area contributed by atoms with Crippen molar-refractivity contribution in [3.63, 3.8) is 0 Å². The van der Waals surface area contributed by atoms with Gasteiger partial charge in [-0.15, -0.1) is 0 Å². The van der Waals surface area contributed by atoms with Crippen molar-refractivity contribution < 1.29 is 72.4 Å². The minimum atomic E-state index is -1.99. The Morgan fingerprint density at radius 2 is 1.32 bits per heavy atom. The molecule has 0 bridgehead atoms. The number of hydrogen-bond donors (Lipinski definition) is 6. The number of rotatable bonds is 10. The van der Waals surface area contributed by atoms with Crippen LogP contribution in [0.15, 0.2) is 88.1 Å². The molecule has 1 unspecified atom stereocenters. The summed E-state index contributed by atoms with van der Waals surface area (Å²) in [4.78, 5) is 40.6. The van der Waals surface area contributed by atoms with Gasteiger partial charge in [0.1, 0.15) is 46.3 Å². The third-order valence-electron chi connectivity index (χ3n) is 8.25. The normalized spacial score (nSPS) is 19.8. The van der Waals surface area contributed by atoms with Crippen LogP contribution < -0.4 is 10.2 Å². The van der Waals surface area contributed by atoms with Crippen LogP contribution in [0.1, 0.15) is 11.1 Å². The van der Waals surface area contributed by atoms with Crippen LogP contribution in [0.5, 0.6) is 28.7 Å². The van der Waals surface area contributed by atoms with Crippen LogP contribution in [0.2, 0.25) is 0 Å². The number of esters is 2. The SMILES string of the molecule is O=C(Cc1ccc(F)cc1)O[C@@H]1[C@H](Oc2c(-c3ccc(O)c(O)c3)oc3cc(O)cc(O)c3c2=O)O[C@@H](CO)C(O)[C@@H]1OC(=O)Cc1ccc(F)cc1. The van der Waals surface area contributed by atoms with E-state index < -0.39 is 119 Å². The largest absolute Gasteiger partial charge is 0.508 e. The van der Waals surface area contributed by atoms with Crippen molar-refractivity contribution in [2.24, 2.45) is 0 Å². The molecule has 0 saturated carbocycles. The van der Waals surface area contributed by atoms with Crippen LogP contribution in [-0.2, 0) is 36.6 Å². The van der Waals surface area contributed by atoms with E-state index in [9.17, 15) is 53.8 Å². The third-order valence-corrected chi connectivity index (χ3v) is 8.25. The maximum atomic E-state index is 14.0. The minimum Gasteiger partial charge on any atom is -0.508 e. The van der Waals surface area contributed by atoms with Gasteiger partial charge in [-0.05, 0) is 53.6 Å². The molecular formula is C37H30F2O14. The van der Waals surface area contributed by atoms with Crippen molar-refractivity contribution in [3.05, 3.63) is 112 Å². The van der Waals surface area contributed by atoms with Crippen LogP contribution in [-0.4, -0.2) is 79.9 Å². The second-order valence-corrected chi connectivity index (χ2v) is 12.0. The third kappa shape index (κ3) is 7.99. The van der Waals surface area contributed by atoms with Crippen LogP contribution in [0.25, 0.3) is 22.3 Å². The smallest absolute Gasteiger partial charge is 0.310 e. The van der Waals surface area contributed by atoms with Gasteiger partial charge in [0.25, 0.3) is 0 Å². The van der Waals surface area contributed by atoms with E-state index in [1.54, 1.807) is 0 Å². The number of aliphatic hydroxyl groups is 2. The molecule has 1 aromatic heterocycles. The van der Waals surface area contributed by atoms with Crippen molar-refractivity contribution in [1.82, 2.24) is 0 Å². The minimum absolute atomic E-state index is 0.0844. The van der Waals surface area contributed by atoms with Crippen molar-refractivity contribution in [1.29, 1.82) is 0 Å². The number of carbonyl (C=O) groups excluding carboxylic acids is 2. The molecule has 14 nitrogen and oxygen atoms in total. The van der Waals surface area contributed by atoms with Gasteiger partial charge in [0, 0.05) is 17.7 Å². The summed E-state index contributed by atoms with van der Waals surface area (Å²) in [6.45, 7) is -0.908. The molecule has 5 atom stereocenters. The average Bonchev–Trinajstić information content (AvgIpc) is 3.11. The molecule has 1 fully saturated rings. The predicted octanol–water partition coefficient (Wildman–Crippen LogP) is 3.33. The van der Waals surface area contributed by atoms with Crippen LogP contribution >= 0.6 is 0 Å². The highest BCUT2D eigenvalue weighted by Crippen LogP contribution is 2.40. The molecule has 1 saturated heterocycles. The van der Waals surface area contributed by atoms with Gasteiger partial charge < -0.3 is 54.0 Å². The summed E-state index contributed by atoms with van der Waals surface area (Å²) < 4.78 is 55.9. The second kappa shape index (κ2) is 15.2. The zero-order chi connectivity index (χ0) is 38.0. The number of phenolic OH excluding ortho intramolecular Hbond substituents is 4. The molecule has 1 aliphatic heterocycles.